The van der Waals surface area contributed by atoms with E-state index in [2.05, 4.69) is 25.2 Å². The minimum absolute atomic E-state index is 0.151. The SMILES string of the molecule is OOc1cc2ncnc(Nc3ccc(OCc4cccc(F)c4)c(Cl)c3)c2[nH]1. The molecular formula is C19H14ClFN4O3. The fraction of sp³-hybridized carbons (Fsp3) is 0.0526. The zero-order chi connectivity index (χ0) is 19.5. The number of hydrogen-bond donors (Lipinski definition) is 3. The van der Waals surface area contributed by atoms with Crippen molar-refractivity contribution in [3.63, 3.8) is 0 Å². The van der Waals surface area contributed by atoms with Crippen LogP contribution in [0.2, 0.25) is 5.02 Å². The summed E-state index contributed by atoms with van der Waals surface area (Å²) in [6, 6.07) is 12.9. The topological polar surface area (TPSA) is 92.3 Å². The van der Waals surface area contributed by atoms with Crippen LogP contribution in [0.4, 0.5) is 15.9 Å². The lowest BCUT2D eigenvalue weighted by molar-refractivity contribution is -0.141. The van der Waals surface area contributed by atoms with Gasteiger partial charge in [-0.25, -0.2) is 19.6 Å². The number of benzene rings is 2. The summed E-state index contributed by atoms with van der Waals surface area (Å²) >= 11 is 6.31. The highest BCUT2D eigenvalue weighted by molar-refractivity contribution is 6.32. The van der Waals surface area contributed by atoms with Gasteiger partial charge in [0.2, 0.25) is 5.88 Å². The average molecular weight is 401 g/mol. The van der Waals surface area contributed by atoms with Gasteiger partial charge in [0.1, 0.15) is 30.0 Å². The third kappa shape index (κ3) is 3.83. The summed E-state index contributed by atoms with van der Waals surface area (Å²) in [5.41, 5.74) is 2.51. The molecule has 0 saturated carbocycles. The van der Waals surface area contributed by atoms with Gasteiger partial charge < -0.3 is 19.9 Å². The predicted molar refractivity (Wildman–Crippen MR) is 103 cm³/mol. The Labute approximate surface area is 163 Å². The molecule has 0 radical (unpaired) electrons. The molecule has 2 aromatic carbocycles. The summed E-state index contributed by atoms with van der Waals surface area (Å²) in [6.07, 6.45) is 1.39. The second-order valence-corrected chi connectivity index (χ2v) is 6.30. The van der Waals surface area contributed by atoms with Gasteiger partial charge in [-0.3, -0.25) is 0 Å². The van der Waals surface area contributed by atoms with E-state index in [1.807, 2.05) is 0 Å². The minimum Gasteiger partial charge on any atom is -0.487 e. The number of aromatic nitrogens is 3. The Kier molecular flexibility index (Phi) is 4.96. The van der Waals surface area contributed by atoms with Crippen molar-refractivity contribution in [3.05, 3.63) is 71.3 Å². The van der Waals surface area contributed by atoms with Crippen molar-refractivity contribution in [2.75, 3.05) is 5.32 Å². The van der Waals surface area contributed by atoms with E-state index in [4.69, 9.17) is 21.6 Å². The Balaban J connectivity index is 1.51. The molecule has 142 valence electrons. The number of anilines is 2. The molecule has 7 nitrogen and oxygen atoms in total. The molecule has 4 rings (SSSR count). The van der Waals surface area contributed by atoms with Crippen LogP contribution in [0.1, 0.15) is 5.56 Å². The summed E-state index contributed by atoms with van der Waals surface area (Å²) in [7, 11) is 0. The third-order valence-corrected chi connectivity index (χ3v) is 4.26. The smallest absolute Gasteiger partial charge is 0.236 e. The van der Waals surface area contributed by atoms with Crippen LogP contribution in [0.15, 0.2) is 54.9 Å². The molecule has 0 atom stereocenters. The Morgan fingerprint density at radius 2 is 2.04 bits per heavy atom. The summed E-state index contributed by atoms with van der Waals surface area (Å²) in [5.74, 6) is 0.789. The Hall–Kier alpha value is -3.36. The van der Waals surface area contributed by atoms with Gasteiger partial charge in [-0.05, 0) is 35.9 Å². The summed E-state index contributed by atoms with van der Waals surface area (Å²) < 4.78 is 18.9. The van der Waals surface area contributed by atoms with Crippen LogP contribution >= 0.6 is 11.6 Å². The number of nitrogens with one attached hydrogen (secondary N) is 2. The highest BCUT2D eigenvalue weighted by Gasteiger charge is 2.11. The maximum absolute atomic E-state index is 13.2. The Bertz CT molecular complexity index is 1140. The maximum Gasteiger partial charge on any atom is 0.236 e. The second-order valence-electron chi connectivity index (χ2n) is 5.90. The molecule has 2 aromatic heterocycles. The lowest BCUT2D eigenvalue weighted by atomic mass is 10.2. The first-order chi connectivity index (χ1) is 13.6. The maximum atomic E-state index is 13.2. The Morgan fingerprint density at radius 3 is 2.82 bits per heavy atom. The zero-order valence-corrected chi connectivity index (χ0v) is 15.1. The van der Waals surface area contributed by atoms with Crippen LogP contribution in [-0.2, 0) is 6.61 Å². The molecule has 0 spiro atoms. The van der Waals surface area contributed by atoms with E-state index in [0.29, 0.717) is 38.9 Å². The molecule has 3 N–H and O–H groups in total. The van der Waals surface area contributed by atoms with Gasteiger partial charge in [0.25, 0.3) is 0 Å². The van der Waals surface area contributed by atoms with Gasteiger partial charge in [-0.1, -0.05) is 23.7 Å². The first kappa shape index (κ1) is 18.0. The van der Waals surface area contributed by atoms with E-state index in [0.717, 1.165) is 0 Å². The third-order valence-electron chi connectivity index (χ3n) is 3.97. The fourth-order valence-corrected chi connectivity index (χ4v) is 2.91. The molecule has 0 amide bonds. The first-order valence-electron chi connectivity index (χ1n) is 8.21. The van der Waals surface area contributed by atoms with Crippen LogP contribution in [0.25, 0.3) is 11.0 Å². The van der Waals surface area contributed by atoms with Crippen molar-refractivity contribution < 1.29 is 19.3 Å². The van der Waals surface area contributed by atoms with Gasteiger partial charge in [0, 0.05) is 11.8 Å². The van der Waals surface area contributed by atoms with Crippen LogP contribution in [-0.4, -0.2) is 20.2 Å². The predicted octanol–water partition coefficient (Wildman–Crippen LogP) is 4.92. The van der Waals surface area contributed by atoms with Gasteiger partial charge >= 0.3 is 0 Å². The fourth-order valence-electron chi connectivity index (χ4n) is 2.68. The molecule has 28 heavy (non-hydrogen) atoms. The summed E-state index contributed by atoms with van der Waals surface area (Å²) in [4.78, 5) is 15.3. The van der Waals surface area contributed by atoms with Gasteiger partial charge in [-0.2, -0.15) is 0 Å². The summed E-state index contributed by atoms with van der Waals surface area (Å²) in [5, 5.41) is 12.3. The molecular weight excluding hydrogens is 387 g/mol. The lowest BCUT2D eigenvalue weighted by Crippen LogP contribution is -1.98. The monoisotopic (exact) mass is 400 g/mol. The van der Waals surface area contributed by atoms with Gasteiger partial charge in [0.15, 0.2) is 5.82 Å². The van der Waals surface area contributed by atoms with Crippen molar-refractivity contribution in [2.24, 2.45) is 0 Å². The normalized spacial score (nSPS) is 10.8. The van der Waals surface area contributed by atoms with Crippen molar-refractivity contribution in [1.82, 2.24) is 15.0 Å². The molecule has 0 fully saturated rings. The van der Waals surface area contributed by atoms with Crippen LogP contribution in [0, 0.1) is 5.82 Å². The van der Waals surface area contributed by atoms with Crippen molar-refractivity contribution in [2.45, 2.75) is 6.61 Å². The van der Waals surface area contributed by atoms with Crippen molar-refractivity contribution >= 4 is 34.1 Å². The van der Waals surface area contributed by atoms with Gasteiger partial charge in [0.05, 0.1) is 10.5 Å². The molecule has 2 heterocycles. The van der Waals surface area contributed by atoms with E-state index in [-0.39, 0.29) is 18.3 Å². The second kappa shape index (κ2) is 7.71. The van der Waals surface area contributed by atoms with E-state index < -0.39 is 0 Å². The van der Waals surface area contributed by atoms with Crippen molar-refractivity contribution in [1.29, 1.82) is 0 Å². The van der Waals surface area contributed by atoms with Crippen LogP contribution < -0.4 is 14.9 Å². The molecule has 0 unspecified atom stereocenters. The number of fused-ring (bicyclic) bond motifs is 1. The van der Waals surface area contributed by atoms with E-state index in [1.54, 1.807) is 36.4 Å². The van der Waals surface area contributed by atoms with E-state index in [9.17, 15) is 4.39 Å². The van der Waals surface area contributed by atoms with E-state index >= 15 is 0 Å². The van der Waals surface area contributed by atoms with Crippen LogP contribution in [0.3, 0.4) is 0 Å². The summed E-state index contributed by atoms with van der Waals surface area (Å²) in [6.45, 7) is 0.198. The number of aromatic amines is 1. The molecule has 0 aliphatic carbocycles. The first-order valence-corrected chi connectivity index (χ1v) is 8.59. The Morgan fingerprint density at radius 1 is 1.14 bits per heavy atom. The molecule has 9 heteroatoms. The largest absolute Gasteiger partial charge is 0.487 e. The molecule has 4 aromatic rings. The quantitative estimate of drug-likeness (QED) is 0.314. The molecule has 0 aliphatic heterocycles. The number of nitrogens with zero attached hydrogens (tertiary/aromatic N) is 2. The number of halogens is 2. The lowest BCUT2D eigenvalue weighted by Gasteiger charge is -2.11. The number of H-pyrrole nitrogens is 1. The molecule has 0 aliphatic rings. The number of ether oxygens (including phenoxy) is 1. The van der Waals surface area contributed by atoms with E-state index in [1.165, 1.54) is 18.5 Å². The standard InChI is InChI=1S/C19H14ClFN4O3/c20-14-7-13(4-5-16(14)27-9-11-2-1-3-12(21)6-11)24-19-18-15(22-10-23-19)8-17(25-18)28-26/h1-8,10,25-26H,9H2,(H,22,23,24). The molecule has 0 saturated heterocycles. The minimum atomic E-state index is -0.318. The number of hydrogen-bond acceptors (Lipinski definition) is 6. The zero-order valence-electron chi connectivity index (χ0n) is 14.3. The average Bonchev–Trinajstić information content (AvgIpc) is 3.12. The highest BCUT2D eigenvalue weighted by atomic mass is 35.5. The molecule has 0 bridgehead atoms. The van der Waals surface area contributed by atoms with Gasteiger partial charge in [-0.15, -0.1) is 0 Å². The van der Waals surface area contributed by atoms with Crippen LogP contribution in [0.5, 0.6) is 11.6 Å². The number of rotatable bonds is 6. The van der Waals surface area contributed by atoms with Crippen molar-refractivity contribution in [3.8, 4) is 11.6 Å². The highest BCUT2D eigenvalue weighted by Crippen LogP contribution is 2.31.